The number of fused-ring (bicyclic) bond motifs is 1. The monoisotopic (exact) mass is 293 g/mol. The standard InChI is InChI=1S/C16H23NO4/c1-11(2)17(10-16(18)19)12(3)13-5-6-14-15(9-13)21-8-4-7-20-14/h5-6,9,11-12H,4,7-8,10H2,1-3H3,(H,18,19). The van der Waals surface area contributed by atoms with Crippen molar-refractivity contribution in [2.45, 2.75) is 39.3 Å². The van der Waals surface area contributed by atoms with Crippen molar-refractivity contribution in [2.24, 2.45) is 0 Å². The Morgan fingerprint density at radius 2 is 1.90 bits per heavy atom. The molecule has 0 fully saturated rings. The highest BCUT2D eigenvalue weighted by atomic mass is 16.5. The van der Waals surface area contributed by atoms with Crippen LogP contribution in [-0.4, -0.2) is 41.8 Å². The molecule has 0 aliphatic carbocycles. The van der Waals surface area contributed by atoms with Gasteiger partial charge in [-0.25, -0.2) is 0 Å². The normalized spacial score (nSPS) is 15.9. The lowest BCUT2D eigenvalue weighted by atomic mass is 10.0. The SMILES string of the molecule is CC(C)N(CC(=O)O)C(C)c1ccc2c(c1)OCCCO2. The second kappa shape index (κ2) is 6.80. The van der Waals surface area contributed by atoms with E-state index in [1.807, 2.05) is 43.9 Å². The van der Waals surface area contributed by atoms with Crippen LogP contribution in [0.4, 0.5) is 0 Å². The Labute approximate surface area is 125 Å². The van der Waals surface area contributed by atoms with E-state index in [0.29, 0.717) is 13.2 Å². The second-order valence-electron chi connectivity index (χ2n) is 5.59. The molecule has 1 aromatic rings. The number of nitrogens with zero attached hydrogens (tertiary/aromatic N) is 1. The first-order chi connectivity index (χ1) is 9.99. The van der Waals surface area contributed by atoms with Gasteiger partial charge in [-0.05, 0) is 38.5 Å². The maximum absolute atomic E-state index is 11.0. The molecule has 1 aliphatic rings. The van der Waals surface area contributed by atoms with E-state index in [9.17, 15) is 4.79 Å². The molecule has 0 saturated carbocycles. The van der Waals surface area contributed by atoms with Gasteiger partial charge in [-0.15, -0.1) is 0 Å². The fourth-order valence-corrected chi connectivity index (χ4v) is 2.55. The van der Waals surface area contributed by atoms with Gasteiger partial charge in [0.1, 0.15) is 0 Å². The zero-order valence-electron chi connectivity index (χ0n) is 12.8. The van der Waals surface area contributed by atoms with Crippen LogP contribution < -0.4 is 9.47 Å². The maximum Gasteiger partial charge on any atom is 0.317 e. The molecule has 1 heterocycles. The van der Waals surface area contributed by atoms with E-state index in [1.54, 1.807) is 0 Å². The number of aliphatic carboxylic acids is 1. The summed E-state index contributed by atoms with van der Waals surface area (Å²) in [6, 6.07) is 5.99. The third-order valence-corrected chi connectivity index (χ3v) is 3.73. The first-order valence-electron chi connectivity index (χ1n) is 7.36. The van der Waals surface area contributed by atoms with Crippen LogP contribution in [0.2, 0.25) is 0 Å². The fraction of sp³-hybridized carbons (Fsp3) is 0.562. The van der Waals surface area contributed by atoms with Crippen molar-refractivity contribution in [3.8, 4) is 11.5 Å². The largest absolute Gasteiger partial charge is 0.490 e. The number of hydrogen-bond acceptors (Lipinski definition) is 4. The fourth-order valence-electron chi connectivity index (χ4n) is 2.55. The molecule has 0 aromatic heterocycles. The Balaban J connectivity index is 2.23. The molecule has 1 atom stereocenters. The van der Waals surface area contributed by atoms with Crippen molar-refractivity contribution in [3.05, 3.63) is 23.8 Å². The van der Waals surface area contributed by atoms with Crippen molar-refractivity contribution >= 4 is 5.97 Å². The number of carbonyl (C=O) groups is 1. The van der Waals surface area contributed by atoms with E-state index in [1.165, 1.54) is 0 Å². The molecule has 0 radical (unpaired) electrons. The van der Waals surface area contributed by atoms with Gasteiger partial charge in [0, 0.05) is 18.5 Å². The van der Waals surface area contributed by atoms with Crippen molar-refractivity contribution in [1.29, 1.82) is 0 Å². The first-order valence-corrected chi connectivity index (χ1v) is 7.36. The maximum atomic E-state index is 11.0. The summed E-state index contributed by atoms with van der Waals surface area (Å²) in [5.41, 5.74) is 1.04. The van der Waals surface area contributed by atoms with Gasteiger partial charge in [0.2, 0.25) is 0 Å². The third kappa shape index (κ3) is 3.88. The molecule has 1 aliphatic heterocycles. The van der Waals surface area contributed by atoms with Gasteiger partial charge in [-0.1, -0.05) is 6.07 Å². The van der Waals surface area contributed by atoms with Gasteiger partial charge in [0.05, 0.1) is 19.8 Å². The molecular formula is C16H23NO4. The number of carboxylic acid groups (broad SMARTS) is 1. The summed E-state index contributed by atoms with van der Waals surface area (Å²) in [5, 5.41) is 9.07. The van der Waals surface area contributed by atoms with Crippen LogP contribution in [0.3, 0.4) is 0 Å². The van der Waals surface area contributed by atoms with Gasteiger partial charge in [-0.3, -0.25) is 9.69 Å². The molecule has 1 unspecified atom stereocenters. The zero-order chi connectivity index (χ0) is 15.4. The lowest BCUT2D eigenvalue weighted by Crippen LogP contribution is -2.37. The van der Waals surface area contributed by atoms with Crippen LogP contribution in [0.5, 0.6) is 11.5 Å². The lowest BCUT2D eigenvalue weighted by molar-refractivity contribution is -0.139. The molecule has 0 spiro atoms. The second-order valence-corrected chi connectivity index (χ2v) is 5.59. The average Bonchev–Trinajstić information content (AvgIpc) is 2.67. The van der Waals surface area contributed by atoms with Crippen LogP contribution in [0, 0.1) is 0 Å². The van der Waals surface area contributed by atoms with Crippen LogP contribution in [0.15, 0.2) is 18.2 Å². The van der Waals surface area contributed by atoms with Crippen LogP contribution in [0.25, 0.3) is 0 Å². The highest BCUT2D eigenvalue weighted by Gasteiger charge is 2.22. The quantitative estimate of drug-likeness (QED) is 0.904. The number of carboxylic acids is 1. The molecule has 0 amide bonds. The minimum atomic E-state index is -0.815. The predicted octanol–water partition coefficient (Wildman–Crippen LogP) is 2.70. The third-order valence-electron chi connectivity index (χ3n) is 3.73. The Bertz CT molecular complexity index is 501. The van der Waals surface area contributed by atoms with Crippen molar-refractivity contribution in [2.75, 3.05) is 19.8 Å². The molecule has 5 nitrogen and oxygen atoms in total. The highest BCUT2D eigenvalue weighted by Crippen LogP contribution is 2.34. The van der Waals surface area contributed by atoms with Crippen molar-refractivity contribution < 1.29 is 19.4 Å². The molecule has 0 bridgehead atoms. The summed E-state index contributed by atoms with van der Waals surface area (Å²) in [6.07, 6.45) is 0.872. The Morgan fingerprint density at radius 1 is 1.24 bits per heavy atom. The van der Waals surface area contributed by atoms with E-state index in [0.717, 1.165) is 23.5 Å². The summed E-state index contributed by atoms with van der Waals surface area (Å²) in [4.78, 5) is 13.0. The van der Waals surface area contributed by atoms with Crippen LogP contribution in [-0.2, 0) is 4.79 Å². The van der Waals surface area contributed by atoms with Crippen molar-refractivity contribution in [3.63, 3.8) is 0 Å². The minimum Gasteiger partial charge on any atom is -0.490 e. The summed E-state index contributed by atoms with van der Waals surface area (Å²) < 4.78 is 11.3. The molecule has 5 heteroatoms. The summed E-state index contributed by atoms with van der Waals surface area (Å²) in [6.45, 7) is 7.35. The first kappa shape index (κ1) is 15.6. The smallest absolute Gasteiger partial charge is 0.317 e. The van der Waals surface area contributed by atoms with Crippen LogP contribution in [0.1, 0.15) is 38.8 Å². The molecular weight excluding hydrogens is 270 g/mol. The Kier molecular flexibility index (Phi) is 5.07. The number of ether oxygens (including phenoxy) is 2. The number of hydrogen-bond donors (Lipinski definition) is 1. The van der Waals surface area contributed by atoms with E-state index in [-0.39, 0.29) is 18.6 Å². The van der Waals surface area contributed by atoms with Gasteiger partial charge in [0.25, 0.3) is 0 Å². The zero-order valence-corrected chi connectivity index (χ0v) is 12.8. The van der Waals surface area contributed by atoms with Gasteiger partial charge < -0.3 is 14.6 Å². The summed E-state index contributed by atoms with van der Waals surface area (Å²) in [7, 11) is 0. The lowest BCUT2D eigenvalue weighted by Gasteiger charge is -2.31. The van der Waals surface area contributed by atoms with Gasteiger partial charge in [0.15, 0.2) is 11.5 Å². The van der Waals surface area contributed by atoms with E-state index < -0.39 is 5.97 Å². The number of benzene rings is 1. The van der Waals surface area contributed by atoms with Gasteiger partial charge in [-0.2, -0.15) is 0 Å². The highest BCUT2D eigenvalue weighted by molar-refractivity contribution is 5.69. The van der Waals surface area contributed by atoms with E-state index in [4.69, 9.17) is 14.6 Å². The summed E-state index contributed by atoms with van der Waals surface area (Å²) in [5.74, 6) is 0.693. The van der Waals surface area contributed by atoms with E-state index in [2.05, 4.69) is 0 Å². The summed E-state index contributed by atoms with van der Waals surface area (Å²) >= 11 is 0. The minimum absolute atomic E-state index is 0.00162. The van der Waals surface area contributed by atoms with Crippen molar-refractivity contribution in [1.82, 2.24) is 4.90 Å². The molecule has 116 valence electrons. The topological polar surface area (TPSA) is 59.0 Å². The van der Waals surface area contributed by atoms with E-state index >= 15 is 0 Å². The van der Waals surface area contributed by atoms with Gasteiger partial charge >= 0.3 is 5.97 Å². The predicted molar refractivity (Wildman–Crippen MR) is 79.9 cm³/mol. The number of rotatable bonds is 5. The van der Waals surface area contributed by atoms with Crippen LogP contribution >= 0.6 is 0 Å². The Hall–Kier alpha value is -1.75. The molecule has 21 heavy (non-hydrogen) atoms. The average molecular weight is 293 g/mol. The Morgan fingerprint density at radius 3 is 2.52 bits per heavy atom. The molecule has 1 N–H and O–H groups in total. The molecule has 1 aromatic carbocycles. The molecule has 2 rings (SSSR count). The molecule has 0 saturated heterocycles.